The second-order valence-electron chi connectivity index (χ2n) is 45.9. The average molecular weight is 1700 g/mol. The van der Waals surface area contributed by atoms with Gasteiger partial charge in [0, 0.05) is 115 Å². The summed E-state index contributed by atoms with van der Waals surface area (Å²) in [5, 5.41) is 28.0. The van der Waals surface area contributed by atoms with Gasteiger partial charge < -0.3 is 37.1 Å². The first-order valence-electron chi connectivity index (χ1n) is 46.8. The average Bonchev–Trinajstić information content (AvgIpc) is 1.55. The first-order chi connectivity index (χ1) is 61.4. The molecule has 0 fully saturated rings. The summed E-state index contributed by atoms with van der Waals surface area (Å²) in [6.45, 7) is 55.8. The lowest BCUT2D eigenvalue weighted by Gasteiger charge is -2.19. The number of nitrogens with zero attached hydrogens (tertiary/aromatic N) is 7. The van der Waals surface area contributed by atoms with Crippen LogP contribution in [0.25, 0.3) is 192 Å². The zero-order valence-corrected chi connectivity index (χ0v) is 80.1. The topological polar surface area (TPSA) is 54.7 Å². The third kappa shape index (κ3) is 12.9. The number of aromatic hydroxyl groups is 1. The van der Waals surface area contributed by atoms with Crippen molar-refractivity contribution in [2.45, 2.75) is 209 Å². The number of aromatic nitrogens is 7. The molecule has 0 unspecified atom stereocenters. The Morgan fingerprint density at radius 1 is 0.131 bits per heavy atom. The van der Waals surface area contributed by atoms with Crippen LogP contribution in [0.15, 0.2) is 279 Å². The van der Waals surface area contributed by atoms with Crippen molar-refractivity contribution in [1.82, 2.24) is 32.0 Å². The Kier molecular flexibility index (Phi) is 17.7. The van der Waals surface area contributed by atoms with E-state index in [-0.39, 0.29) is 49.1 Å². The van der Waals surface area contributed by atoms with Crippen LogP contribution in [-0.4, -0.2) is 37.1 Å². The van der Waals surface area contributed by atoms with Crippen molar-refractivity contribution in [1.29, 1.82) is 0 Å². The van der Waals surface area contributed by atoms with Gasteiger partial charge in [-0.1, -0.05) is 215 Å². The third-order valence-corrected chi connectivity index (χ3v) is 28.8. The highest BCUT2D eigenvalue weighted by atomic mass is 16.3. The third-order valence-electron chi connectivity index (χ3n) is 28.8. The monoisotopic (exact) mass is 1700 g/mol. The summed E-state index contributed by atoms with van der Waals surface area (Å²) in [6.07, 6.45) is 0. The molecule has 7 heterocycles. The standard InChI is InChI=1S/C122H119N7O/c1-115(2,3)71-25-43-101-87(57-71)88-58-72(116(4,5)6)26-44-102(88)124(101)80-37-53-111-97(67-80)98-68-81(125-103-45-27-73(117(7,8)9)59-89(103)90-60-74(118(10,11)12)28-46-104(90)125)38-54-112(98)128(111)84-35-51-109-95(65-84)96-66-85(36-52-110(96)123(109)79-33-41-86(130)42-34-79)129-113-55-39-82(126-105-47-29-75(119(13,14)15)61-91(105)92-62-76(120(16,17)18)30-48-106(92)126)69-99(113)100-70-83(40-56-114(100)129)127-107-49-31-77(121(19,20)21)63-93(107)94-64-78(122(22,23)24)32-50-108(94)127/h25-70,130H,1-24H3. The fourth-order valence-corrected chi connectivity index (χ4v) is 21.2. The number of rotatable bonds is 7. The summed E-state index contributed by atoms with van der Waals surface area (Å²) < 4.78 is 17.5. The maximum Gasteiger partial charge on any atom is 0.115 e. The lowest BCUT2D eigenvalue weighted by Crippen LogP contribution is -2.10. The Bertz CT molecular complexity index is 7420. The quantitative estimate of drug-likeness (QED) is 0.170. The fraction of sp³-hybridized carbons (Fsp3) is 0.262. The van der Waals surface area contributed by atoms with Gasteiger partial charge in [0.25, 0.3) is 0 Å². The molecule has 22 aromatic rings. The number of benzene rings is 15. The molecule has 7 aromatic heterocycles. The van der Waals surface area contributed by atoms with Crippen LogP contribution in [0.3, 0.4) is 0 Å². The second-order valence-corrected chi connectivity index (χ2v) is 45.9. The Labute approximate surface area is 763 Å². The molecule has 8 nitrogen and oxygen atoms in total. The van der Waals surface area contributed by atoms with Crippen LogP contribution >= 0.6 is 0 Å². The zero-order chi connectivity index (χ0) is 91.0. The van der Waals surface area contributed by atoms with Crippen LogP contribution in [0, 0.1) is 0 Å². The first-order valence-corrected chi connectivity index (χ1v) is 46.8. The van der Waals surface area contributed by atoms with E-state index in [4.69, 9.17) is 0 Å². The Hall–Kier alpha value is -13.3. The molecule has 0 bridgehead atoms. The summed E-state index contributed by atoms with van der Waals surface area (Å²) in [7, 11) is 0. The Balaban J connectivity index is 0.795. The molecule has 0 radical (unpaired) electrons. The largest absolute Gasteiger partial charge is 0.508 e. The van der Waals surface area contributed by atoms with Crippen molar-refractivity contribution in [3.8, 4) is 45.6 Å². The van der Waals surface area contributed by atoms with E-state index >= 15 is 0 Å². The highest BCUT2D eigenvalue weighted by molar-refractivity contribution is 6.19. The SMILES string of the molecule is CC(C)(C)c1ccc2c(c1)c1cc(C(C)(C)C)ccc1n2-c1ccc2c(c1)c1cc(-n3c4ccc(C(C)(C)C)cc4c4cc(C(C)(C)C)ccc43)ccc1n2-c1ccc2c(c1)c1cc(-n3c4ccc(-n5c6ccc(C(C)(C)C)cc6c6cc(C(C)(C)C)ccc65)cc4c4cc(-n5c6ccc(C(C)(C)C)cc6c6cc(C(C)(C)C)ccc65)ccc43)ccc1n2-c1ccc(O)cc1. The minimum atomic E-state index is -0.0467. The second kappa shape index (κ2) is 27.9. The van der Waals surface area contributed by atoms with Gasteiger partial charge in [0.2, 0.25) is 0 Å². The van der Waals surface area contributed by atoms with Gasteiger partial charge in [-0.3, -0.25) is 0 Å². The molecule has 8 heteroatoms. The molecule has 0 aliphatic heterocycles. The number of hydrogen-bond donors (Lipinski definition) is 1. The lowest BCUT2D eigenvalue weighted by molar-refractivity contribution is 0.475. The van der Waals surface area contributed by atoms with Gasteiger partial charge in [-0.05, 0) is 318 Å². The van der Waals surface area contributed by atoms with Gasteiger partial charge in [0.1, 0.15) is 5.75 Å². The van der Waals surface area contributed by atoms with Crippen molar-refractivity contribution < 1.29 is 5.11 Å². The van der Waals surface area contributed by atoms with Crippen LogP contribution in [0.2, 0.25) is 0 Å². The summed E-state index contributed by atoms with van der Waals surface area (Å²) in [4.78, 5) is 0. The lowest BCUT2D eigenvalue weighted by atomic mass is 9.85. The maximum absolute atomic E-state index is 11.0. The number of hydrogen-bond acceptors (Lipinski definition) is 1. The molecule has 648 valence electrons. The molecule has 22 rings (SSSR count). The van der Waals surface area contributed by atoms with Gasteiger partial charge in [-0.15, -0.1) is 0 Å². The molecule has 15 aromatic carbocycles. The normalized spacial score (nSPS) is 13.4. The Morgan fingerprint density at radius 2 is 0.238 bits per heavy atom. The molecule has 0 aliphatic rings. The van der Waals surface area contributed by atoms with Crippen LogP contribution in [0.4, 0.5) is 0 Å². The highest BCUT2D eigenvalue weighted by Gasteiger charge is 2.31. The van der Waals surface area contributed by atoms with E-state index < -0.39 is 0 Å². The van der Waals surface area contributed by atoms with E-state index in [0.29, 0.717) is 0 Å². The molecule has 130 heavy (non-hydrogen) atoms. The van der Waals surface area contributed by atoms with Gasteiger partial charge in [-0.2, -0.15) is 0 Å². The van der Waals surface area contributed by atoms with E-state index in [1.807, 2.05) is 24.3 Å². The summed E-state index contributed by atoms with van der Waals surface area (Å²) in [5.74, 6) is 0.222. The highest BCUT2D eigenvalue weighted by Crippen LogP contribution is 2.49. The van der Waals surface area contributed by atoms with Crippen LogP contribution in [-0.2, 0) is 43.3 Å². The number of fused-ring (bicyclic) bond motifs is 21. The molecule has 0 saturated carbocycles. The predicted molar refractivity (Wildman–Crippen MR) is 558 cm³/mol. The van der Waals surface area contributed by atoms with Crippen molar-refractivity contribution in [3.63, 3.8) is 0 Å². The molecule has 0 atom stereocenters. The molecule has 0 saturated heterocycles. The van der Waals surface area contributed by atoms with Crippen molar-refractivity contribution in [3.05, 3.63) is 324 Å². The van der Waals surface area contributed by atoms with Crippen molar-refractivity contribution in [2.24, 2.45) is 0 Å². The van der Waals surface area contributed by atoms with Crippen molar-refractivity contribution >= 4 is 153 Å². The summed E-state index contributed by atoms with van der Waals surface area (Å²) >= 11 is 0. The van der Waals surface area contributed by atoms with E-state index in [2.05, 4.69) is 453 Å². The van der Waals surface area contributed by atoms with E-state index in [0.717, 1.165) is 105 Å². The molecular weight excluding hydrogens is 1580 g/mol. The number of phenols is 1. The molecule has 0 amide bonds. The summed E-state index contributed by atoms with van der Waals surface area (Å²) in [6, 6.07) is 108. The van der Waals surface area contributed by atoms with Crippen LogP contribution in [0.5, 0.6) is 5.75 Å². The van der Waals surface area contributed by atoms with Gasteiger partial charge >= 0.3 is 0 Å². The maximum atomic E-state index is 11.0. The first kappa shape index (κ1) is 82.4. The summed E-state index contributed by atoms with van der Waals surface area (Å²) in [5.41, 5.74) is 33.7. The number of phenolic OH excluding ortho intramolecular Hbond substituents is 1. The van der Waals surface area contributed by atoms with Crippen LogP contribution < -0.4 is 0 Å². The predicted octanol–water partition coefficient (Wildman–Crippen LogP) is 33.5. The van der Waals surface area contributed by atoms with E-state index in [1.54, 1.807) is 0 Å². The molecule has 1 N–H and O–H groups in total. The van der Waals surface area contributed by atoms with Gasteiger partial charge in [0.05, 0.1) is 77.2 Å². The molecule has 0 aliphatic carbocycles. The van der Waals surface area contributed by atoms with Gasteiger partial charge in [-0.25, -0.2) is 0 Å². The minimum absolute atomic E-state index is 0.0467. The smallest absolute Gasteiger partial charge is 0.115 e. The zero-order valence-electron chi connectivity index (χ0n) is 80.1. The van der Waals surface area contributed by atoms with Gasteiger partial charge in [0.15, 0.2) is 0 Å². The van der Waals surface area contributed by atoms with Crippen molar-refractivity contribution in [2.75, 3.05) is 0 Å². The fourth-order valence-electron chi connectivity index (χ4n) is 21.2. The van der Waals surface area contributed by atoms with E-state index in [9.17, 15) is 5.11 Å². The minimum Gasteiger partial charge on any atom is -0.508 e. The Morgan fingerprint density at radius 3 is 0.369 bits per heavy atom. The molecule has 0 spiro atoms. The van der Waals surface area contributed by atoms with Crippen LogP contribution in [0.1, 0.15) is 211 Å². The molecular formula is C122H119N7O. The van der Waals surface area contributed by atoms with E-state index in [1.165, 1.54) is 132 Å².